The van der Waals surface area contributed by atoms with E-state index in [4.69, 9.17) is 5.73 Å². The number of para-hydroxylation sites is 1. The predicted octanol–water partition coefficient (Wildman–Crippen LogP) is 3.29. The highest BCUT2D eigenvalue weighted by Gasteiger charge is 2.14. The van der Waals surface area contributed by atoms with E-state index in [-0.39, 0.29) is 5.69 Å². The van der Waals surface area contributed by atoms with Gasteiger partial charge in [-0.1, -0.05) is 18.2 Å². The zero-order valence-electron chi connectivity index (χ0n) is 11.0. The summed E-state index contributed by atoms with van der Waals surface area (Å²) in [6.07, 6.45) is 0.376. The number of halogens is 1. The van der Waals surface area contributed by atoms with Crippen molar-refractivity contribution in [3.63, 3.8) is 0 Å². The molecule has 7 heteroatoms. The van der Waals surface area contributed by atoms with Crippen LogP contribution >= 0.6 is 15.9 Å². The molecule has 1 unspecified atom stereocenters. The van der Waals surface area contributed by atoms with Gasteiger partial charge in [0.1, 0.15) is 0 Å². The fraction of sp³-hybridized carbons (Fsp3) is 0.143. The molecular formula is C14H13BrN2O3S. The second-order valence-corrected chi connectivity index (χ2v) is 6.77. The van der Waals surface area contributed by atoms with Crippen LogP contribution in [-0.4, -0.2) is 14.9 Å². The number of aryl methyl sites for hydroxylation is 1. The van der Waals surface area contributed by atoms with Crippen molar-refractivity contribution in [2.45, 2.75) is 11.3 Å². The second-order valence-electron chi connectivity index (χ2n) is 4.38. The van der Waals surface area contributed by atoms with E-state index in [0.29, 0.717) is 32.8 Å². The molecule has 0 saturated heterocycles. The van der Waals surface area contributed by atoms with E-state index in [9.17, 15) is 14.3 Å². The Morgan fingerprint density at radius 2 is 1.95 bits per heavy atom. The van der Waals surface area contributed by atoms with Gasteiger partial charge in [0.2, 0.25) is 0 Å². The molecule has 21 heavy (non-hydrogen) atoms. The van der Waals surface area contributed by atoms with Crippen LogP contribution in [-0.2, 0) is 17.2 Å². The lowest BCUT2D eigenvalue weighted by Gasteiger charge is -2.06. The van der Waals surface area contributed by atoms with Gasteiger partial charge in [0.25, 0.3) is 5.69 Å². The molecule has 0 amide bonds. The molecule has 0 bridgehead atoms. The number of benzene rings is 2. The number of hydrogen-bond donors (Lipinski definition) is 1. The minimum absolute atomic E-state index is 0.0610. The lowest BCUT2D eigenvalue weighted by molar-refractivity contribution is -0.385. The van der Waals surface area contributed by atoms with E-state index in [0.717, 1.165) is 0 Å². The first kappa shape index (κ1) is 15.7. The normalized spacial score (nSPS) is 12.0. The fourth-order valence-corrected chi connectivity index (χ4v) is 3.97. The first-order chi connectivity index (χ1) is 9.99. The largest absolute Gasteiger partial charge is 0.399 e. The average Bonchev–Trinajstić information content (AvgIpc) is 2.45. The molecule has 0 spiro atoms. The van der Waals surface area contributed by atoms with Gasteiger partial charge in [-0.05, 0) is 40.5 Å². The van der Waals surface area contributed by atoms with E-state index in [1.807, 2.05) is 0 Å². The monoisotopic (exact) mass is 368 g/mol. The molecule has 2 rings (SSSR count). The van der Waals surface area contributed by atoms with E-state index < -0.39 is 15.7 Å². The van der Waals surface area contributed by atoms with Gasteiger partial charge in [-0.2, -0.15) is 0 Å². The van der Waals surface area contributed by atoms with Crippen molar-refractivity contribution in [1.82, 2.24) is 0 Å². The van der Waals surface area contributed by atoms with Crippen LogP contribution in [0.2, 0.25) is 0 Å². The molecule has 0 fully saturated rings. The second kappa shape index (κ2) is 6.82. The summed E-state index contributed by atoms with van der Waals surface area (Å²) in [5, 5.41) is 10.9. The Kier molecular flexibility index (Phi) is 5.08. The Morgan fingerprint density at radius 3 is 2.62 bits per heavy atom. The Bertz CT molecular complexity index is 706. The van der Waals surface area contributed by atoms with E-state index >= 15 is 0 Å². The Hall–Kier alpha value is -1.73. The summed E-state index contributed by atoms with van der Waals surface area (Å²) in [5.74, 6) is 0.313. The number of nitro groups is 1. The van der Waals surface area contributed by atoms with Crippen LogP contribution in [0.25, 0.3) is 0 Å². The molecule has 0 radical (unpaired) electrons. The number of anilines is 1. The third-order valence-corrected chi connectivity index (χ3v) is 5.29. The molecule has 5 nitrogen and oxygen atoms in total. The fourth-order valence-electron chi connectivity index (χ4n) is 1.91. The van der Waals surface area contributed by atoms with Gasteiger partial charge >= 0.3 is 0 Å². The topological polar surface area (TPSA) is 86.2 Å². The molecule has 2 aromatic carbocycles. The number of rotatable bonds is 5. The molecule has 2 N–H and O–H groups in total. The van der Waals surface area contributed by atoms with Crippen LogP contribution in [0.15, 0.2) is 51.8 Å². The number of nitrogen functional groups attached to an aromatic ring is 1. The van der Waals surface area contributed by atoms with Crippen LogP contribution in [0, 0.1) is 10.1 Å². The van der Waals surface area contributed by atoms with Gasteiger partial charge in [0.05, 0.1) is 20.6 Å². The van der Waals surface area contributed by atoms with Gasteiger partial charge in [-0.25, -0.2) is 0 Å². The van der Waals surface area contributed by atoms with E-state index in [2.05, 4.69) is 15.9 Å². The Morgan fingerprint density at radius 1 is 1.24 bits per heavy atom. The van der Waals surface area contributed by atoms with Crippen molar-refractivity contribution in [2.24, 2.45) is 0 Å². The molecule has 2 aromatic rings. The Labute approximate surface area is 132 Å². The van der Waals surface area contributed by atoms with Crippen molar-refractivity contribution in [1.29, 1.82) is 0 Å². The molecular weight excluding hydrogens is 356 g/mol. The summed E-state index contributed by atoms with van der Waals surface area (Å²) < 4.78 is 13.0. The van der Waals surface area contributed by atoms with E-state index in [1.165, 1.54) is 6.07 Å². The molecule has 0 aliphatic carbocycles. The standard InChI is InChI=1S/C14H13BrN2O3S/c15-12-9-11(16)5-6-14(12)21(20)8-7-10-3-1-2-4-13(10)17(18)19/h1-6,9H,7-8,16H2. The van der Waals surface area contributed by atoms with Crippen molar-refractivity contribution in [3.8, 4) is 0 Å². The van der Waals surface area contributed by atoms with Gasteiger partial charge in [-0.3, -0.25) is 14.3 Å². The predicted molar refractivity (Wildman–Crippen MR) is 86.6 cm³/mol. The lowest BCUT2D eigenvalue weighted by atomic mass is 10.1. The van der Waals surface area contributed by atoms with Crippen LogP contribution in [0.1, 0.15) is 5.56 Å². The Balaban J connectivity index is 2.13. The summed E-state index contributed by atoms with van der Waals surface area (Å²) in [6.45, 7) is 0. The van der Waals surface area contributed by atoms with Crippen LogP contribution in [0.5, 0.6) is 0 Å². The molecule has 0 heterocycles. The van der Waals surface area contributed by atoms with Gasteiger partial charge < -0.3 is 5.73 Å². The summed E-state index contributed by atoms with van der Waals surface area (Å²) in [7, 11) is -1.25. The highest BCUT2D eigenvalue weighted by atomic mass is 79.9. The first-order valence-corrected chi connectivity index (χ1v) is 8.26. The smallest absolute Gasteiger partial charge is 0.272 e. The zero-order valence-corrected chi connectivity index (χ0v) is 13.4. The minimum Gasteiger partial charge on any atom is -0.399 e. The van der Waals surface area contributed by atoms with Crippen LogP contribution < -0.4 is 5.73 Å². The van der Waals surface area contributed by atoms with Crippen molar-refractivity contribution in [2.75, 3.05) is 11.5 Å². The highest BCUT2D eigenvalue weighted by molar-refractivity contribution is 9.10. The summed E-state index contributed by atoms with van der Waals surface area (Å²) in [5.41, 5.74) is 6.87. The van der Waals surface area contributed by atoms with E-state index in [1.54, 1.807) is 36.4 Å². The summed E-state index contributed by atoms with van der Waals surface area (Å²) in [6, 6.07) is 11.6. The van der Waals surface area contributed by atoms with Crippen molar-refractivity contribution in [3.05, 3.63) is 62.6 Å². The highest BCUT2D eigenvalue weighted by Crippen LogP contribution is 2.24. The molecule has 0 aliphatic heterocycles. The van der Waals surface area contributed by atoms with Crippen LogP contribution in [0.3, 0.4) is 0 Å². The van der Waals surface area contributed by atoms with Crippen molar-refractivity contribution < 1.29 is 9.13 Å². The SMILES string of the molecule is Nc1ccc(S(=O)CCc2ccccc2[N+](=O)[O-])c(Br)c1. The minimum atomic E-state index is -1.25. The third-order valence-electron chi connectivity index (χ3n) is 2.95. The quantitative estimate of drug-likeness (QED) is 0.498. The maximum absolute atomic E-state index is 12.3. The molecule has 0 saturated carbocycles. The third kappa shape index (κ3) is 3.89. The maximum atomic E-state index is 12.3. The number of nitrogens with zero attached hydrogens (tertiary/aromatic N) is 1. The van der Waals surface area contributed by atoms with Crippen LogP contribution in [0.4, 0.5) is 11.4 Å². The molecule has 110 valence electrons. The maximum Gasteiger partial charge on any atom is 0.272 e. The van der Waals surface area contributed by atoms with Crippen molar-refractivity contribution >= 4 is 38.1 Å². The summed E-state index contributed by atoms with van der Waals surface area (Å²) >= 11 is 3.33. The number of nitro benzene ring substituents is 1. The lowest BCUT2D eigenvalue weighted by Crippen LogP contribution is -2.05. The number of nitrogens with two attached hydrogens (primary N) is 1. The first-order valence-electron chi connectivity index (χ1n) is 6.14. The zero-order chi connectivity index (χ0) is 15.4. The summed E-state index contributed by atoms with van der Waals surface area (Å²) in [4.78, 5) is 11.2. The molecule has 0 aliphatic rings. The number of hydrogen-bond acceptors (Lipinski definition) is 4. The van der Waals surface area contributed by atoms with Gasteiger partial charge in [0, 0.05) is 27.5 Å². The van der Waals surface area contributed by atoms with Gasteiger partial charge in [-0.15, -0.1) is 0 Å². The molecule has 1 atom stereocenters. The average molecular weight is 369 g/mol. The molecule has 0 aromatic heterocycles. The van der Waals surface area contributed by atoms with Gasteiger partial charge in [0.15, 0.2) is 0 Å².